The number of ether oxygens (including phenoxy) is 1. The van der Waals surface area contributed by atoms with E-state index in [1.807, 2.05) is 0 Å². The van der Waals surface area contributed by atoms with Gasteiger partial charge in [-0.3, -0.25) is 4.84 Å². The number of hydrogen-bond acceptors (Lipinski definition) is 12. The van der Waals surface area contributed by atoms with Crippen LogP contribution in [0.1, 0.15) is 83.1 Å². The molecule has 40 heavy (non-hydrogen) atoms. The molecule has 0 spiro atoms. The first-order chi connectivity index (χ1) is 18.8. The fourth-order valence-electron chi connectivity index (χ4n) is 2.55. The molecule has 0 amide bonds. The van der Waals surface area contributed by atoms with Crippen molar-refractivity contribution in [3.63, 3.8) is 0 Å². The van der Waals surface area contributed by atoms with E-state index in [0.29, 0.717) is 45.6 Å². The summed E-state index contributed by atoms with van der Waals surface area (Å²) in [4.78, 5) is 44.0. The summed E-state index contributed by atoms with van der Waals surface area (Å²) >= 11 is 0. The number of anilines is 3. The van der Waals surface area contributed by atoms with Crippen LogP contribution in [0.3, 0.4) is 0 Å². The van der Waals surface area contributed by atoms with Crippen LogP contribution < -0.4 is 15.5 Å². The van der Waals surface area contributed by atoms with Gasteiger partial charge in [0.2, 0.25) is 0 Å². The van der Waals surface area contributed by atoms with Gasteiger partial charge in [-0.05, 0) is 35.5 Å². The third-order valence-corrected chi connectivity index (χ3v) is 4.47. The minimum atomic E-state index is 0.118. The molecule has 0 saturated carbocycles. The van der Waals surface area contributed by atoms with Crippen molar-refractivity contribution >= 4 is 17.8 Å². The first-order valence-electron chi connectivity index (χ1n) is 14.6. The standard InChI is InChI=1S/C28H56N6O6/c1-20(2)13-35-19-32(36-14-21(3)4)26-29-27(33(37-15-22(5)6)38-16-23(7)8)31-28(30-26)34(39-17-24(9)10)40-18-25(11)12/h20-25H,13-19H2,1-12H3. The van der Waals surface area contributed by atoms with Crippen molar-refractivity contribution in [2.24, 2.45) is 35.5 Å². The molecule has 12 heteroatoms. The maximum atomic E-state index is 6.09. The highest BCUT2D eigenvalue weighted by Crippen LogP contribution is 2.23. The van der Waals surface area contributed by atoms with Crippen LogP contribution in [-0.4, -0.2) is 61.3 Å². The predicted molar refractivity (Wildman–Crippen MR) is 157 cm³/mol. The second-order valence-corrected chi connectivity index (χ2v) is 12.5. The van der Waals surface area contributed by atoms with Crippen molar-refractivity contribution in [1.29, 1.82) is 0 Å². The van der Waals surface area contributed by atoms with Gasteiger partial charge in [0.25, 0.3) is 17.8 Å². The zero-order valence-electron chi connectivity index (χ0n) is 27.0. The van der Waals surface area contributed by atoms with E-state index in [1.54, 1.807) is 0 Å². The average Bonchev–Trinajstić information content (AvgIpc) is 2.84. The third-order valence-electron chi connectivity index (χ3n) is 4.47. The Morgan fingerprint density at radius 1 is 0.425 bits per heavy atom. The summed E-state index contributed by atoms with van der Waals surface area (Å²) < 4.78 is 5.91. The molecule has 0 fully saturated rings. The number of hydrogen-bond donors (Lipinski definition) is 0. The minimum Gasteiger partial charge on any atom is -0.358 e. The Kier molecular flexibility index (Phi) is 17.5. The quantitative estimate of drug-likeness (QED) is 0.123. The van der Waals surface area contributed by atoms with E-state index in [-0.39, 0.29) is 54.2 Å². The first-order valence-corrected chi connectivity index (χ1v) is 14.6. The van der Waals surface area contributed by atoms with E-state index in [2.05, 4.69) is 98.0 Å². The Labute approximate surface area is 242 Å². The highest BCUT2D eigenvalue weighted by molar-refractivity contribution is 5.41. The molecule has 0 aliphatic rings. The Hall–Kier alpha value is -1.83. The summed E-state index contributed by atoms with van der Waals surface area (Å²) in [6.07, 6.45) is 0. The molecular formula is C28H56N6O6. The number of aromatic nitrogens is 3. The SMILES string of the molecule is CC(C)COCN(OCC(C)C)c1nc(N(OCC(C)C)OCC(C)C)nc(N(OCC(C)C)OCC(C)C)n1. The monoisotopic (exact) mass is 572 g/mol. The minimum absolute atomic E-state index is 0.118. The maximum Gasteiger partial charge on any atom is 0.284 e. The average molecular weight is 573 g/mol. The Morgan fingerprint density at radius 3 is 1.05 bits per heavy atom. The molecule has 0 unspecified atom stereocenters. The summed E-state index contributed by atoms with van der Waals surface area (Å²) in [7, 11) is 0. The van der Waals surface area contributed by atoms with Gasteiger partial charge in [0, 0.05) is 0 Å². The van der Waals surface area contributed by atoms with E-state index in [0.717, 1.165) is 0 Å². The second-order valence-electron chi connectivity index (χ2n) is 12.5. The topological polar surface area (TPSA) is 104 Å². The molecule has 0 aliphatic heterocycles. The van der Waals surface area contributed by atoms with Crippen molar-refractivity contribution in [2.75, 3.05) is 61.9 Å². The molecule has 12 nitrogen and oxygen atoms in total. The zero-order valence-corrected chi connectivity index (χ0v) is 27.0. The first kappa shape index (κ1) is 36.2. The lowest BCUT2D eigenvalue weighted by Gasteiger charge is -2.28. The Balaban J connectivity index is 3.60. The largest absolute Gasteiger partial charge is 0.358 e. The highest BCUT2D eigenvalue weighted by Gasteiger charge is 2.25. The van der Waals surface area contributed by atoms with Gasteiger partial charge in [0.1, 0.15) is 6.73 Å². The van der Waals surface area contributed by atoms with Gasteiger partial charge >= 0.3 is 0 Å². The van der Waals surface area contributed by atoms with Crippen LogP contribution in [0.25, 0.3) is 0 Å². The van der Waals surface area contributed by atoms with Crippen molar-refractivity contribution in [1.82, 2.24) is 15.0 Å². The van der Waals surface area contributed by atoms with E-state index >= 15 is 0 Å². The summed E-state index contributed by atoms with van der Waals surface area (Å²) in [5.41, 5.74) is 0. The van der Waals surface area contributed by atoms with Crippen molar-refractivity contribution in [2.45, 2.75) is 83.1 Å². The Morgan fingerprint density at radius 2 is 0.725 bits per heavy atom. The molecule has 0 saturated heterocycles. The Bertz CT molecular complexity index is 726. The molecule has 234 valence electrons. The van der Waals surface area contributed by atoms with Crippen LogP contribution in [0, 0.1) is 35.5 Å². The lowest BCUT2D eigenvalue weighted by molar-refractivity contribution is -0.111. The van der Waals surface area contributed by atoms with Gasteiger partial charge in [-0.2, -0.15) is 20.0 Å². The molecule has 1 aromatic rings. The van der Waals surface area contributed by atoms with Gasteiger partial charge in [0.05, 0.1) is 39.6 Å². The van der Waals surface area contributed by atoms with Crippen molar-refractivity contribution in [3.05, 3.63) is 0 Å². The number of nitrogens with zero attached hydrogens (tertiary/aromatic N) is 6. The third kappa shape index (κ3) is 15.8. The van der Waals surface area contributed by atoms with Gasteiger partial charge < -0.3 is 4.74 Å². The molecule has 0 aromatic carbocycles. The van der Waals surface area contributed by atoms with Crippen LogP contribution in [0.5, 0.6) is 0 Å². The van der Waals surface area contributed by atoms with Crippen LogP contribution in [0.4, 0.5) is 17.8 Å². The van der Waals surface area contributed by atoms with Gasteiger partial charge in [-0.25, -0.2) is 19.4 Å². The zero-order chi connectivity index (χ0) is 30.2. The van der Waals surface area contributed by atoms with Crippen molar-refractivity contribution < 1.29 is 28.9 Å². The lowest BCUT2D eigenvalue weighted by Crippen LogP contribution is -2.35. The highest BCUT2D eigenvalue weighted by atomic mass is 17.0. The summed E-state index contributed by atoms with van der Waals surface area (Å²) in [5, 5.41) is 4.00. The molecule has 0 N–H and O–H groups in total. The van der Waals surface area contributed by atoms with Crippen LogP contribution >= 0.6 is 0 Å². The van der Waals surface area contributed by atoms with Gasteiger partial charge in [-0.1, -0.05) is 93.5 Å². The molecule has 0 bridgehead atoms. The predicted octanol–water partition coefficient (Wildman–Crippen LogP) is 5.86. The second kappa shape index (κ2) is 19.3. The smallest absolute Gasteiger partial charge is 0.284 e. The molecule has 0 radical (unpaired) electrons. The van der Waals surface area contributed by atoms with E-state index < -0.39 is 0 Å². The molecule has 1 rings (SSSR count). The fourth-order valence-corrected chi connectivity index (χ4v) is 2.55. The number of hydroxylamine groups is 1. The normalized spacial score (nSPS) is 12.2. The molecule has 0 aliphatic carbocycles. The molecule has 1 aromatic heterocycles. The summed E-state index contributed by atoms with van der Waals surface area (Å²) in [6, 6.07) is 0. The van der Waals surface area contributed by atoms with E-state index in [1.165, 1.54) is 15.5 Å². The van der Waals surface area contributed by atoms with Crippen molar-refractivity contribution in [3.8, 4) is 0 Å². The maximum absolute atomic E-state index is 6.09. The van der Waals surface area contributed by atoms with E-state index in [4.69, 9.17) is 28.9 Å². The lowest BCUT2D eigenvalue weighted by atomic mass is 10.2. The van der Waals surface area contributed by atoms with Crippen LogP contribution in [-0.2, 0) is 28.9 Å². The van der Waals surface area contributed by atoms with Crippen LogP contribution in [0.15, 0.2) is 0 Å². The fraction of sp³-hybridized carbons (Fsp3) is 0.893. The van der Waals surface area contributed by atoms with Gasteiger partial charge in [-0.15, -0.1) is 0 Å². The summed E-state index contributed by atoms with van der Waals surface area (Å²) in [5.74, 6) is 2.11. The molecule has 0 atom stereocenters. The van der Waals surface area contributed by atoms with Crippen LogP contribution in [0.2, 0.25) is 0 Å². The molecule has 1 heterocycles. The van der Waals surface area contributed by atoms with E-state index in [9.17, 15) is 0 Å². The summed E-state index contributed by atoms with van der Waals surface area (Å²) in [6.45, 7) is 27.5. The molecular weight excluding hydrogens is 516 g/mol. The number of rotatable bonds is 22. The van der Waals surface area contributed by atoms with Gasteiger partial charge in [0.15, 0.2) is 0 Å².